The molecule has 0 spiro atoms. The molecule has 5 aromatic rings. The van der Waals surface area contributed by atoms with E-state index >= 15 is 0 Å². The van der Waals surface area contributed by atoms with E-state index in [0.29, 0.717) is 5.56 Å². The first kappa shape index (κ1) is 25.7. The summed E-state index contributed by atoms with van der Waals surface area (Å²) >= 11 is 0. The summed E-state index contributed by atoms with van der Waals surface area (Å²) in [6.07, 6.45) is 3.28. The lowest BCUT2D eigenvalue weighted by Gasteiger charge is -2.35. The van der Waals surface area contributed by atoms with Gasteiger partial charge in [-0.25, -0.2) is 14.8 Å². The maximum atomic E-state index is 12.2. The van der Waals surface area contributed by atoms with Crippen LogP contribution in [0.15, 0.2) is 66.9 Å². The first-order chi connectivity index (χ1) is 20.1. The van der Waals surface area contributed by atoms with Gasteiger partial charge in [-0.3, -0.25) is 9.58 Å². The molecule has 0 amide bonds. The Morgan fingerprint density at radius 3 is 2.59 bits per heavy atom. The molecule has 0 radical (unpaired) electrons. The van der Waals surface area contributed by atoms with Crippen LogP contribution < -0.4 is 4.90 Å². The number of carbonyl (C=O) groups excluding carboxylic acids is 1. The van der Waals surface area contributed by atoms with Crippen LogP contribution in [0, 0.1) is 0 Å². The zero-order chi connectivity index (χ0) is 27.8. The molecule has 41 heavy (non-hydrogen) atoms. The summed E-state index contributed by atoms with van der Waals surface area (Å²) in [6.45, 7) is 6.55. The van der Waals surface area contributed by atoms with Crippen molar-refractivity contribution in [2.45, 2.75) is 32.2 Å². The van der Waals surface area contributed by atoms with Gasteiger partial charge in [0.2, 0.25) is 0 Å². The summed E-state index contributed by atoms with van der Waals surface area (Å²) in [4.78, 5) is 26.8. The number of benzene rings is 2. The largest absolute Gasteiger partial charge is 0.465 e. The van der Waals surface area contributed by atoms with Crippen molar-refractivity contribution in [1.82, 2.24) is 29.2 Å². The normalized spacial score (nSPS) is 17.7. The SMILES string of the molecule is COC(=O)c1ccc2nc(CN3CCN(c4ccc5cn(Cc6ccccc6)nc5n4)CC3)n(CC3CCO3)c2c1. The van der Waals surface area contributed by atoms with Crippen molar-refractivity contribution < 1.29 is 14.3 Å². The second-order valence-electron chi connectivity index (χ2n) is 10.8. The molecule has 2 saturated heterocycles. The number of imidazole rings is 1. The molecule has 10 heteroatoms. The number of aromatic nitrogens is 5. The number of methoxy groups -OCH3 is 1. The molecular weight excluding hydrogens is 518 g/mol. The topological polar surface area (TPSA) is 90.5 Å². The second kappa shape index (κ2) is 10.9. The molecule has 0 aliphatic carbocycles. The highest BCUT2D eigenvalue weighted by Gasteiger charge is 2.25. The fourth-order valence-electron chi connectivity index (χ4n) is 5.68. The number of nitrogens with zero attached hydrogens (tertiary/aromatic N) is 7. The van der Waals surface area contributed by atoms with E-state index in [1.165, 1.54) is 12.7 Å². The Kier molecular flexibility index (Phi) is 6.85. The highest BCUT2D eigenvalue weighted by molar-refractivity contribution is 5.93. The number of carbonyl (C=O) groups is 1. The molecule has 10 nitrogen and oxygen atoms in total. The van der Waals surface area contributed by atoms with Gasteiger partial charge >= 0.3 is 5.97 Å². The summed E-state index contributed by atoms with van der Waals surface area (Å²) in [5.74, 6) is 1.62. The lowest BCUT2D eigenvalue weighted by Crippen LogP contribution is -2.46. The van der Waals surface area contributed by atoms with E-state index in [2.05, 4.69) is 44.8 Å². The zero-order valence-electron chi connectivity index (χ0n) is 23.1. The van der Waals surface area contributed by atoms with Gasteiger partial charge in [-0.15, -0.1) is 0 Å². The van der Waals surface area contributed by atoms with Crippen LogP contribution in [-0.2, 0) is 29.1 Å². The number of rotatable bonds is 8. The molecular formula is C31H33N7O3. The van der Waals surface area contributed by atoms with Crippen LogP contribution in [0.4, 0.5) is 5.82 Å². The lowest BCUT2D eigenvalue weighted by atomic mass is 10.1. The third-order valence-corrected chi connectivity index (χ3v) is 8.08. The summed E-state index contributed by atoms with van der Waals surface area (Å²) in [5.41, 5.74) is 4.36. The van der Waals surface area contributed by atoms with Gasteiger partial charge in [-0.1, -0.05) is 30.3 Å². The van der Waals surface area contributed by atoms with Gasteiger partial charge in [0.05, 0.1) is 49.4 Å². The minimum Gasteiger partial charge on any atom is -0.465 e. The number of fused-ring (bicyclic) bond motifs is 2. The van der Waals surface area contributed by atoms with E-state index in [9.17, 15) is 4.79 Å². The first-order valence-corrected chi connectivity index (χ1v) is 14.2. The van der Waals surface area contributed by atoms with E-state index in [4.69, 9.17) is 24.5 Å². The van der Waals surface area contributed by atoms with Gasteiger partial charge in [0.25, 0.3) is 0 Å². The smallest absolute Gasteiger partial charge is 0.337 e. The number of hydrogen-bond donors (Lipinski definition) is 0. The molecule has 2 aliphatic rings. The predicted molar refractivity (Wildman–Crippen MR) is 156 cm³/mol. The Balaban J connectivity index is 1.05. The van der Waals surface area contributed by atoms with Crippen molar-refractivity contribution >= 4 is 33.9 Å². The van der Waals surface area contributed by atoms with Crippen LogP contribution in [0.25, 0.3) is 22.1 Å². The Labute approximate surface area is 238 Å². The quantitative estimate of drug-likeness (QED) is 0.270. The highest BCUT2D eigenvalue weighted by atomic mass is 16.5. The summed E-state index contributed by atoms with van der Waals surface area (Å²) in [6, 6.07) is 20.1. The Morgan fingerprint density at radius 1 is 1.00 bits per heavy atom. The van der Waals surface area contributed by atoms with Crippen LogP contribution >= 0.6 is 0 Å². The minimum absolute atomic E-state index is 0.182. The Bertz CT molecular complexity index is 1680. The van der Waals surface area contributed by atoms with Crippen LogP contribution in [0.1, 0.15) is 28.2 Å². The first-order valence-electron chi connectivity index (χ1n) is 14.2. The van der Waals surface area contributed by atoms with E-state index in [1.807, 2.05) is 35.0 Å². The monoisotopic (exact) mass is 551 g/mol. The molecule has 0 N–H and O–H groups in total. The van der Waals surface area contributed by atoms with E-state index < -0.39 is 0 Å². The van der Waals surface area contributed by atoms with Crippen molar-refractivity contribution in [3.05, 3.63) is 83.8 Å². The van der Waals surface area contributed by atoms with Crippen molar-refractivity contribution in [2.24, 2.45) is 0 Å². The Morgan fingerprint density at radius 2 is 1.83 bits per heavy atom. The number of anilines is 1. The highest BCUT2D eigenvalue weighted by Crippen LogP contribution is 2.25. The van der Waals surface area contributed by atoms with E-state index in [1.54, 1.807) is 6.07 Å². The van der Waals surface area contributed by atoms with Gasteiger partial charge in [0, 0.05) is 44.4 Å². The van der Waals surface area contributed by atoms with Gasteiger partial charge in [0.1, 0.15) is 11.6 Å². The van der Waals surface area contributed by atoms with Gasteiger partial charge in [0.15, 0.2) is 5.65 Å². The maximum Gasteiger partial charge on any atom is 0.337 e. The molecule has 2 aliphatic heterocycles. The van der Waals surface area contributed by atoms with Crippen molar-refractivity contribution in [3.8, 4) is 0 Å². The molecule has 7 rings (SSSR count). The predicted octanol–water partition coefficient (Wildman–Crippen LogP) is 3.73. The molecule has 1 atom stereocenters. The Hall–Kier alpha value is -4.28. The van der Waals surface area contributed by atoms with Crippen LogP contribution in [-0.4, -0.2) is 81.2 Å². The van der Waals surface area contributed by atoms with Crippen molar-refractivity contribution in [1.29, 1.82) is 0 Å². The van der Waals surface area contributed by atoms with Crippen molar-refractivity contribution in [2.75, 3.05) is 44.8 Å². The second-order valence-corrected chi connectivity index (χ2v) is 10.8. The molecule has 210 valence electrons. The summed E-state index contributed by atoms with van der Waals surface area (Å²) in [5, 5.41) is 5.79. The number of ether oxygens (including phenoxy) is 2. The average Bonchev–Trinajstić information content (AvgIpc) is 3.54. The maximum absolute atomic E-state index is 12.2. The average molecular weight is 552 g/mol. The number of hydrogen-bond acceptors (Lipinski definition) is 8. The fourth-order valence-corrected chi connectivity index (χ4v) is 5.68. The minimum atomic E-state index is -0.341. The van der Waals surface area contributed by atoms with Crippen LogP contribution in [0.3, 0.4) is 0 Å². The molecule has 0 bridgehead atoms. The third kappa shape index (κ3) is 5.28. The lowest BCUT2D eigenvalue weighted by molar-refractivity contribution is -0.0592. The summed E-state index contributed by atoms with van der Waals surface area (Å²) in [7, 11) is 1.41. The molecule has 3 aromatic heterocycles. The van der Waals surface area contributed by atoms with Crippen LogP contribution in [0.2, 0.25) is 0 Å². The number of pyridine rings is 1. The van der Waals surface area contributed by atoms with Crippen LogP contribution in [0.5, 0.6) is 0 Å². The van der Waals surface area contributed by atoms with E-state index in [0.717, 1.165) is 92.6 Å². The third-order valence-electron chi connectivity index (χ3n) is 8.08. The zero-order valence-corrected chi connectivity index (χ0v) is 23.1. The van der Waals surface area contributed by atoms with Gasteiger partial charge in [-0.2, -0.15) is 5.10 Å². The van der Waals surface area contributed by atoms with Gasteiger partial charge in [-0.05, 0) is 42.3 Å². The molecule has 1 unspecified atom stereocenters. The molecule has 5 heterocycles. The molecule has 2 aromatic carbocycles. The molecule has 0 saturated carbocycles. The number of piperazine rings is 1. The molecule has 2 fully saturated rings. The van der Waals surface area contributed by atoms with Gasteiger partial charge < -0.3 is 18.9 Å². The fraction of sp³-hybridized carbons (Fsp3) is 0.355. The summed E-state index contributed by atoms with van der Waals surface area (Å²) < 4.78 is 14.9. The number of esters is 1. The van der Waals surface area contributed by atoms with E-state index in [-0.39, 0.29) is 12.1 Å². The standard InChI is InChI=1S/C31H33N7O3/c1-40-31(39)23-7-9-26-27(17-23)38(20-25-11-16-41-25)29(32-26)21-35-12-14-36(15-13-35)28-10-8-24-19-37(34-30(24)33-28)18-22-5-3-2-4-6-22/h2-10,17,19,25H,11-16,18,20-21H2,1H3. The van der Waals surface area contributed by atoms with Crippen molar-refractivity contribution in [3.63, 3.8) is 0 Å².